The van der Waals surface area contributed by atoms with E-state index in [1.54, 1.807) is 6.07 Å². The summed E-state index contributed by atoms with van der Waals surface area (Å²) < 4.78 is 11.2. The van der Waals surface area contributed by atoms with Gasteiger partial charge >= 0.3 is 0 Å². The Morgan fingerprint density at radius 2 is 1.53 bits per heavy atom. The molecule has 1 saturated heterocycles. The first kappa shape index (κ1) is 12.5. The molecular weight excluding hydrogens is 285 g/mol. The summed E-state index contributed by atoms with van der Waals surface area (Å²) in [6, 6.07) is 4.69. The van der Waals surface area contributed by atoms with Crippen LogP contribution in [0.4, 0.5) is 5.69 Å². The number of hydrogen-bond acceptors (Lipinski definition) is 3. The van der Waals surface area contributed by atoms with Gasteiger partial charge in [-0.3, -0.25) is 13.8 Å². The zero-order valence-electron chi connectivity index (χ0n) is 8.48. The highest BCUT2D eigenvalue weighted by Crippen LogP contribution is 2.34. The maximum atomic E-state index is 11.7. The van der Waals surface area contributed by atoms with Crippen LogP contribution in [-0.2, 0) is 20.4 Å². The van der Waals surface area contributed by atoms with Gasteiger partial charge in [-0.15, -0.1) is 0 Å². The number of anilines is 1. The van der Waals surface area contributed by atoms with E-state index in [2.05, 4.69) is 0 Å². The Morgan fingerprint density at radius 1 is 1.06 bits per heavy atom. The number of amides is 2. The van der Waals surface area contributed by atoms with Gasteiger partial charge in [0, 0.05) is 10.8 Å². The van der Waals surface area contributed by atoms with Crippen molar-refractivity contribution in [3.8, 4) is 0 Å². The van der Waals surface area contributed by atoms with Crippen molar-refractivity contribution in [1.29, 1.82) is 0 Å². The zero-order valence-corrected chi connectivity index (χ0v) is 10.8. The summed E-state index contributed by atoms with van der Waals surface area (Å²) in [5.74, 6) is -1.47. The molecule has 1 fully saturated rings. The third-order valence-electron chi connectivity index (χ3n) is 2.23. The third-order valence-corrected chi connectivity index (χ3v) is 3.98. The lowest BCUT2D eigenvalue weighted by Gasteiger charge is -2.26. The Kier molecular flexibility index (Phi) is 3.51. The molecule has 0 unspecified atom stereocenters. The molecule has 1 aromatic rings. The number of hydrogen-bond donors (Lipinski definition) is 0. The maximum absolute atomic E-state index is 11.7. The minimum atomic E-state index is -1.43. The molecule has 0 radical (unpaired) electrons. The third kappa shape index (κ3) is 2.36. The molecule has 0 N–H and O–H groups in total. The quantitative estimate of drug-likeness (QED) is 0.739. The van der Waals surface area contributed by atoms with E-state index in [9.17, 15) is 13.8 Å². The number of halogens is 2. The highest BCUT2D eigenvalue weighted by atomic mass is 35.5. The molecule has 2 amide bonds. The number of nitrogens with zero attached hydrogens (tertiary/aromatic N) is 1. The maximum Gasteiger partial charge on any atom is 0.246 e. The zero-order chi connectivity index (χ0) is 12.6. The van der Waals surface area contributed by atoms with E-state index in [4.69, 9.17) is 23.2 Å². The Bertz CT molecular complexity index is 492. The molecule has 1 aliphatic rings. The van der Waals surface area contributed by atoms with Crippen molar-refractivity contribution in [2.24, 2.45) is 0 Å². The van der Waals surface area contributed by atoms with Crippen LogP contribution in [0.25, 0.3) is 0 Å². The molecule has 2 rings (SSSR count). The Labute approximate surface area is 110 Å². The Hall–Kier alpha value is -0.910. The molecular formula is C10H7Cl2NO3S. The fraction of sp³-hybridized carbons (Fsp3) is 0.200. The molecule has 90 valence electrons. The van der Waals surface area contributed by atoms with Crippen molar-refractivity contribution in [2.75, 3.05) is 16.4 Å². The van der Waals surface area contributed by atoms with Crippen LogP contribution in [0.2, 0.25) is 10.0 Å². The van der Waals surface area contributed by atoms with E-state index < -0.39 is 22.6 Å². The van der Waals surface area contributed by atoms with Gasteiger partial charge in [-0.1, -0.05) is 29.3 Å². The van der Waals surface area contributed by atoms with Crippen LogP contribution < -0.4 is 4.90 Å². The van der Waals surface area contributed by atoms with Crippen LogP contribution in [0, 0.1) is 0 Å². The van der Waals surface area contributed by atoms with Crippen molar-refractivity contribution in [3.63, 3.8) is 0 Å². The number of rotatable bonds is 1. The van der Waals surface area contributed by atoms with Gasteiger partial charge in [-0.2, -0.15) is 0 Å². The number of benzene rings is 1. The molecule has 17 heavy (non-hydrogen) atoms. The smallest absolute Gasteiger partial charge is 0.246 e. The Balaban J connectivity index is 2.49. The summed E-state index contributed by atoms with van der Waals surface area (Å²) in [5, 5.41) is 0.429. The van der Waals surface area contributed by atoms with Crippen molar-refractivity contribution >= 4 is 51.5 Å². The molecule has 1 aliphatic heterocycles. The highest BCUT2D eigenvalue weighted by molar-refractivity contribution is 7.86. The van der Waals surface area contributed by atoms with Crippen LogP contribution in [0.3, 0.4) is 0 Å². The fourth-order valence-corrected chi connectivity index (χ4v) is 3.02. The van der Waals surface area contributed by atoms with Crippen LogP contribution in [0.15, 0.2) is 18.2 Å². The first-order chi connectivity index (χ1) is 8.00. The largest absolute Gasteiger partial charge is 0.273 e. The van der Waals surface area contributed by atoms with E-state index in [1.807, 2.05) is 0 Å². The lowest BCUT2D eigenvalue weighted by molar-refractivity contribution is -0.124. The lowest BCUT2D eigenvalue weighted by Crippen LogP contribution is -2.47. The molecule has 0 bridgehead atoms. The lowest BCUT2D eigenvalue weighted by atomic mass is 10.2. The van der Waals surface area contributed by atoms with Gasteiger partial charge in [0.1, 0.15) is 11.5 Å². The predicted molar refractivity (Wildman–Crippen MR) is 66.8 cm³/mol. The summed E-state index contributed by atoms with van der Waals surface area (Å²) in [4.78, 5) is 24.3. The number of carbonyl (C=O) groups is 2. The number of imide groups is 1. The van der Waals surface area contributed by atoms with E-state index >= 15 is 0 Å². The van der Waals surface area contributed by atoms with Crippen molar-refractivity contribution in [2.45, 2.75) is 0 Å². The van der Waals surface area contributed by atoms with Crippen molar-refractivity contribution in [3.05, 3.63) is 28.2 Å². The first-order valence-electron chi connectivity index (χ1n) is 4.65. The van der Waals surface area contributed by atoms with Crippen molar-refractivity contribution < 1.29 is 13.8 Å². The molecule has 4 nitrogen and oxygen atoms in total. The second kappa shape index (κ2) is 4.76. The molecule has 0 aromatic heterocycles. The van der Waals surface area contributed by atoms with Gasteiger partial charge in [-0.05, 0) is 12.1 Å². The van der Waals surface area contributed by atoms with Gasteiger partial charge in [-0.25, -0.2) is 4.90 Å². The van der Waals surface area contributed by atoms with Gasteiger partial charge in [0.2, 0.25) is 11.8 Å². The molecule has 0 atom stereocenters. The molecule has 7 heteroatoms. The SMILES string of the molecule is O=C1CS(=O)CC(=O)N1c1c(Cl)cccc1Cl. The average Bonchev–Trinajstić information content (AvgIpc) is 2.21. The second-order valence-electron chi connectivity index (χ2n) is 3.42. The standard InChI is InChI=1S/C10H7Cl2NO3S/c11-6-2-1-3-7(12)10(6)13-8(14)4-17(16)5-9(13)15/h1-3H,4-5H2. The van der Waals surface area contributed by atoms with E-state index in [0.29, 0.717) is 0 Å². The van der Waals surface area contributed by atoms with Crippen LogP contribution >= 0.6 is 23.2 Å². The van der Waals surface area contributed by atoms with E-state index in [1.165, 1.54) is 12.1 Å². The van der Waals surface area contributed by atoms with Crippen LogP contribution in [0.5, 0.6) is 0 Å². The minimum absolute atomic E-state index is 0.169. The summed E-state index contributed by atoms with van der Waals surface area (Å²) in [6.45, 7) is 0. The Morgan fingerprint density at radius 3 is 2.00 bits per heavy atom. The van der Waals surface area contributed by atoms with Gasteiger partial charge in [0.15, 0.2) is 0 Å². The summed E-state index contributed by atoms with van der Waals surface area (Å²) in [5.41, 5.74) is 0.169. The van der Waals surface area contributed by atoms with Gasteiger partial charge < -0.3 is 0 Å². The van der Waals surface area contributed by atoms with Gasteiger partial charge in [0.25, 0.3) is 0 Å². The van der Waals surface area contributed by atoms with Crippen molar-refractivity contribution in [1.82, 2.24) is 0 Å². The number of para-hydroxylation sites is 1. The fourth-order valence-electron chi connectivity index (χ4n) is 1.55. The predicted octanol–water partition coefficient (Wildman–Crippen LogP) is 1.62. The summed E-state index contributed by atoms with van der Waals surface area (Å²) >= 11 is 11.8. The average molecular weight is 292 g/mol. The molecule has 1 heterocycles. The topological polar surface area (TPSA) is 54.5 Å². The van der Waals surface area contributed by atoms with Gasteiger partial charge in [0.05, 0.1) is 15.7 Å². The second-order valence-corrected chi connectivity index (χ2v) is 5.69. The van der Waals surface area contributed by atoms with Crippen LogP contribution in [0.1, 0.15) is 0 Å². The number of carbonyl (C=O) groups excluding carboxylic acids is 2. The monoisotopic (exact) mass is 291 g/mol. The molecule has 0 aliphatic carbocycles. The minimum Gasteiger partial charge on any atom is -0.273 e. The normalized spacial score (nSPS) is 17.6. The molecule has 1 aromatic carbocycles. The van der Waals surface area contributed by atoms with Crippen LogP contribution in [-0.4, -0.2) is 27.5 Å². The first-order valence-corrected chi connectivity index (χ1v) is 6.90. The highest BCUT2D eigenvalue weighted by Gasteiger charge is 2.33. The van der Waals surface area contributed by atoms with E-state index in [0.717, 1.165) is 4.90 Å². The van der Waals surface area contributed by atoms with E-state index in [-0.39, 0.29) is 27.2 Å². The summed E-state index contributed by atoms with van der Waals surface area (Å²) in [6.07, 6.45) is 0. The molecule has 0 spiro atoms. The summed E-state index contributed by atoms with van der Waals surface area (Å²) in [7, 11) is -1.43. The molecule has 0 saturated carbocycles.